The lowest BCUT2D eigenvalue weighted by atomic mass is 10.3. The number of carbonyl (C=O) groups is 1. The molecule has 0 spiro atoms. The van der Waals surface area contributed by atoms with Gasteiger partial charge in [0.05, 0.1) is 6.54 Å². The van der Waals surface area contributed by atoms with Crippen LogP contribution in [0, 0.1) is 0 Å². The Balaban J connectivity index is 2.13. The molecular weight excluding hydrogens is 194 g/mol. The number of benzene rings is 1. The van der Waals surface area contributed by atoms with E-state index in [-0.39, 0.29) is 0 Å². The van der Waals surface area contributed by atoms with Gasteiger partial charge in [0, 0.05) is 23.5 Å². The summed E-state index contributed by atoms with van der Waals surface area (Å²) in [5, 5.41) is 0. The molecule has 0 radical (unpaired) electrons. The van der Waals surface area contributed by atoms with Crippen LogP contribution < -0.4 is 4.90 Å². The maximum Gasteiger partial charge on any atom is 0.153 e. The second-order valence-electron chi connectivity index (χ2n) is 3.41. The fraction of sp³-hybridized carbons (Fsp3) is 0.364. The highest BCUT2D eigenvalue weighted by Crippen LogP contribution is 2.22. The number of ketones is 1. The van der Waals surface area contributed by atoms with Gasteiger partial charge in [-0.05, 0) is 30.5 Å². The minimum absolute atomic E-state index is 0.346. The summed E-state index contributed by atoms with van der Waals surface area (Å²) in [6, 6.07) is 8.38. The van der Waals surface area contributed by atoms with E-state index in [1.807, 2.05) is 0 Å². The predicted octanol–water partition coefficient (Wildman–Crippen LogP) is 2.19. The number of rotatable bonds is 2. The lowest BCUT2D eigenvalue weighted by Crippen LogP contribution is -2.19. The Hall–Kier alpha value is -0.960. The zero-order valence-corrected chi connectivity index (χ0v) is 9.01. The van der Waals surface area contributed by atoms with E-state index in [4.69, 9.17) is 0 Å². The molecule has 0 unspecified atom stereocenters. The van der Waals surface area contributed by atoms with Crippen molar-refractivity contribution in [2.24, 2.45) is 0 Å². The van der Waals surface area contributed by atoms with Gasteiger partial charge in [0.1, 0.15) is 0 Å². The average molecular weight is 207 g/mol. The lowest BCUT2D eigenvalue weighted by Gasteiger charge is -2.16. The van der Waals surface area contributed by atoms with E-state index in [0.29, 0.717) is 18.7 Å². The van der Waals surface area contributed by atoms with Crippen LogP contribution in [-0.2, 0) is 4.79 Å². The van der Waals surface area contributed by atoms with Gasteiger partial charge in [-0.15, -0.1) is 11.8 Å². The first-order valence-corrected chi connectivity index (χ1v) is 5.93. The zero-order chi connectivity index (χ0) is 9.97. The molecule has 0 aliphatic carbocycles. The summed E-state index contributed by atoms with van der Waals surface area (Å²) >= 11 is 1.74. The van der Waals surface area contributed by atoms with Crippen molar-refractivity contribution in [3.05, 3.63) is 24.3 Å². The molecule has 0 bridgehead atoms. The summed E-state index contributed by atoms with van der Waals surface area (Å²) < 4.78 is 0. The third kappa shape index (κ3) is 1.93. The minimum Gasteiger partial charge on any atom is -0.364 e. The van der Waals surface area contributed by atoms with E-state index < -0.39 is 0 Å². The Kier molecular flexibility index (Phi) is 2.77. The third-order valence-corrected chi connectivity index (χ3v) is 3.21. The molecule has 1 aromatic rings. The Morgan fingerprint density at radius 2 is 2.00 bits per heavy atom. The molecule has 0 amide bonds. The molecule has 1 aliphatic heterocycles. The zero-order valence-electron chi connectivity index (χ0n) is 8.19. The van der Waals surface area contributed by atoms with Crippen molar-refractivity contribution in [1.29, 1.82) is 0 Å². The Morgan fingerprint density at radius 1 is 1.29 bits per heavy atom. The van der Waals surface area contributed by atoms with E-state index in [0.717, 1.165) is 12.2 Å². The van der Waals surface area contributed by atoms with Crippen LogP contribution >= 0.6 is 11.8 Å². The van der Waals surface area contributed by atoms with Crippen molar-refractivity contribution in [2.75, 3.05) is 24.2 Å². The summed E-state index contributed by atoms with van der Waals surface area (Å²) in [6.07, 6.45) is 2.76. The quantitative estimate of drug-likeness (QED) is 0.693. The number of hydrogen-bond acceptors (Lipinski definition) is 3. The molecule has 2 rings (SSSR count). The first-order chi connectivity index (χ1) is 6.79. The summed E-state index contributed by atoms with van der Waals surface area (Å²) in [4.78, 5) is 14.5. The highest BCUT2D eigenvalue weighted by molar-refractivity contribution is 7.98. The number of Topliss-reactive ketones (excluding diaryl/α,β-unsaturated/α-hetero) is 1. The van der Waals surface area contributed by atoms with Gasteiger partial charge in [-0.25, -0.2) is 0 Å². The van der Waals surface area contributed by atoms with Crippen LogP contribution in [0.2, 0.25) is 0 Å². The normalized spacial score (nSPS) is 16.4. The van der Waals surface area contributed by atoms with E-state index in [1.54, 1.807) is 11.8 Å². The second-order valence-corrected chi connectivity index (χ2v) is 4.29. The van der Waals surface area contributed by atoms with Gasteiger partial charge in [-0.1, -0.05) is 0 Å². The molecule has 0 N–H and O–H groups in total. The van der Waals surface area contributed by atoms with Crippen LogP contribution in [0.3, 0.4) is 0 Å². The van der Waals surface area contributed by atoms with Crippen LogP contribution in [0.25, 0.3) is 0 Å². The lowest BCUT2D eigenvalue weighted by molar-refractivity contribution is -0.116. The standard InChI is InChI=1S/C11H13NOS/c1-14-11-4-2-9(3-5-11)12-7-6-10(13)8-12/h2-5H,6-8H2,1H3. The largest absolute Gasteiger partial charge is 0.364 e. The fourth-order valence-corrected chi connectivity index (χ4v) is 2.05. The smallest absolute Gasteiger partial charge is 0.153 e. The molecule has 0 aromatic heterocycles. The summed E-state index contributed by atoms with van der Waals surface area (Å²) in [5.74, 6) is 0.346. The summed E-state index contributed by atoms with van der Waals surface area (Å²) in [7, 11) is 0. The van der Waals surface area contributed by atoms with E-state index in [2.05, 4.69) is 35.4 Å². The van der Waals surface area contributed by atoms with Gasteiger partial charge in [-0.3, -0.25) is 4.79 Å². The molecule has 74 valence electrons. The van der Waals surface area contributed by atoms with Crippen molar-refractivity contribution in [3.8, 4) is 0 Å². The van der Waals surface area contributed by atoms with Crippen LogP contribution in [-0.4, -0.2) is 25.1 Å². The van der Waals surface area contributed by atoms with Crippen molar-refractivity contribution in [1.82, 2.24) is 0 Å². The van der Waals surface area contributed by atoms with Gasteiger partial charge >= 0.3 is 0 Å². The third-order valence-electron chi connectivity index (χ3n) is 2.47. The molecule has 0 atom stereocenters. The molecule has 1 fully saturated rings. The summed E-state index contributed by atoms with van der Waals surface area (Å²) in [5.41, 5.74) is 1.16. The van der Waals surface area contributed by atoms with Gasteiger partial charge < -0.3 is 4.90 Å². The molecule has 14 heavy (non-hydrogen) atoms. The van der Waals surface area contributed by atoms with Crippen molar-refractivity contribution in [3.63, 3.8) is 0 Å². The fourth-order valence-electron chi connectivity index (χ4n) is 1.64. The molecule has 1 aliphatic rings. The molecule has 1 saturated heterocycles. The predicted molar refractivity (Wildman–Crippen MR) is 60.1 cm³/mol. The van der Waals surface area contributed by atoms with Gasteiger partial charge in [0.25, 0.3) is 0 Å². The van der Waals surface area contributed by atoms with Gasteiger partial charge in [-0.2, -0.15) is 0 Å². The Bertz CT molecular complexity index is 334. The minimum atomic E-state index is 0.346. The van der Waals surface area contributed by atoms with Gasteiger partial charge in [0.15, 0.2) is 5.78 Å². The van der Waals surface area contributed by atoms with Crippen molar-refractivity contribution >= 4 is 23.2 Å². The molecule has 1 heterocycles. The monoisotopic (exact) mass is 207 g/mol. The molecule has 1 aromatic carbocycles. The molecule has 0 saturated carbocycles. The average Bonchev–Trinajstić information content (AvgIpc) is 2.65. The van der Waals surface area contributed by atoms with Crippen LogP contribution in [0.5, 0.6) is 0 Å². The molecule has 3 heteroatoms. The number of hydrogen-bond donors (Lipinski definition) is 0. The number of anilines is 1. The first-order valence-electron chi connectivity index (χ1n) is 4.70. The Morgan fingerprint density at radius 3 is 2.50 bits per heavy atom. The number of carbonyl (C=O) groups excluding carboxylic acids is 1. The molecule has 2 nitrogen and oxygen atoms in total. The Labute approximate surface area is 88.3 Å². The van der Waals surface area contributed by atoms with Crippen molar-refractivity contribution < 1.29 is 4.79 Å². The maximum atomic E-state index is 11.1. The highest BCUT2D eigenvalue weighted by atomic mass is 32.2. The van der Waals surface area contributed by atoms with E-state index >= 15 is 0 Å². The molecular formula is C11H13NOS. The number of thioether (sulfide) groups is 1. The highest BCUT2D eigenvalue weighted by Gasteiger charge is 2.18. The summed E-state index contributed by atoms with van der Waals surface area (Å²) in [6.45, 7) is 1.45. The maximum absolute atomic E-state index is 11.1. The van der Waals surface area contributed by atoms with Crippen LogP contribution in [0.4, 0.5) is 5.69 Å². The van der Waals surface area contributed by atoms with Crippen molar-refractivity contribution in [2.45, 2.75) is 11.3 Å². The number of nitrogens with zero attached hydrogens (tertiary/aromatic N) is 1. The topological polar surface area (TPSA) is 20.3 Å². The van der Waals surface area contributed by atoms with Crippen LogP contribution in [0.15, 0.2) is 29.2 Å². The van der Waals surface area contributed by atoms with Crippen LogP contribution in [0.1, 0.15) is 6.42 Å². The van der Waals surface area contributed by atoms with E-state index in [9.17, 15) is 4.79 Å². The van der Waals surface area contributed by atoms with Gasteiger partial charge in [0.2, 0.25) is 0 Å². The van der Waals surface area contributed by atoms with E-state index in [1.165, 1.54) is 4.90 Å². The first kappa shape index (κ1) is 9.59. The SMILES string of the molecule is CSc1ccc(N2CCC(=O)C2)cc1. The second kappa shape index (κ2) is 4.05.